The summed E-state index contributed by atoms with van der Waals surface area (Å²) in [4.78, 5) is 12.7. The maximum atomic E-state index is 4.55. The molecule has 4 aromatic heterocycles. The van der Waals surface area contributed by atoms with Crippen molar-refractivity contribution < 1.29 is 0 Å². The number of aryl methyl sites for hydroxylation is 1. The number of nitrogens with zero attached hydrogens (tertiary/aromatic N) is 6. The van der Waals surface area contributed by atoms with Crippen molar-refractivity contribution in [2.45, 2.75) is 6.92 Å². The third-order valence-electron chi connectivity index (χ3n) is 6.18. The van der Waals surface area contributed by atoms with E-state index in [1.807, 2.05) is 37.9 Å². The molecule has 0 atom stereocenters. The van der Waals surface area contributed by atoms with Gasteiger partial charge in [-0.15, -0.1) is 0 Å². The summed E-state index contributed by atoms with van der Waals surface area (Å²) in [5.41, 5.74) is 6.16. The molecule has 0 radical (unpaired) electrons. The van der Waals surface area contributed by atoms with Gasteiger partial charge in [-0.3, -0.25) is 14.8 Å². The quantitative estimate of drug-likeness (QED) is 0.517. The first-order valence-corrected chi connectivity index (χ1v) is 10.8. The summed E-state index contributed by atoms with van der Waals surface area (Å²) < 4.78 is 1.80. The molecule has 8 heteroatoms. The van der Waals surface area contributed by atoms with Crippen molar-refractivity contribution in [2.75, 3.05) is 38.1 Å². The summed E-state index contributed by atoms with van der Waals surface area (Å²) in [5, 5.41) is 14.8. The lowest BCUT2D eigenvalue weighted by molar-refractivity contribution is 0.313. The molecule has 8 nitrogen and oxygen atoms in total. The first-order chi connectivity index (χ1) is 15.5. The molecule has 1 aliphatic rings. The van der Waals surface area contributed by atoms with Crippen LogP contribution in [0, 0.1) is 0 Å². The molecule has 1 fully saturated rings. The van der Waals surface area contributed by atoms with E-state index < -0.39 is 0 Å². The van der Waals surface area contributed by atoms with Crippen molar-refractivity contribution in [2.24, 2.45) is 7.05 Å². The van der Waals surface area contributed by atoms with E-state index in [2.05, 4.69) is 67.8 Å². The van der Waals surface area contributed by atoms with E-state index in [1.54, 1.807) is 4.68 Å². The van der Waals surface area contributed by atoms with Crippen LogP contribution in [0.3, 0.4) is 0 Å². The molecule has 1 aliphatic heterocycles. The van der Waals surface area contributed by atoms with Crippen LogP contribution in [-0.4, -0.2) is 68.1 Å². The molecule has 0 aromatic carbocycles. The average molecular weight is 429 g/mol. The van der Waals surface area contributed by atoms with Crippen molar-refractivity contribution in [3.8, 4) is 11.4 Å². The van der Waals surface area contributed by atoms with Crippen LogP contribution < -0.4 is 15.5 Å². The van der Waals surface area contributed by atoms with Gasteiger partial charge in [-0.1, -0.05) is 12.7 Å². The average Bonchev–Trinajstić information content (AvgIpc) is 3.50. The summed E-state index contributed by atoms with van der Waals surface area (Å²) in [7, 11) is 4.08. The summed E-state index contributed by atoms with van der Waals surface area (Å²) >= 11 is 0. The van der Waals surface area contributed by atoms with Gasteiger partial charge >= 0.3 is 0 Å². The smallest absolute Gasteiger partial charge is 0.116 e. The number of aromatic amines is 2. The lowest BCUT2D eigenvalue weighted by Crippen LogP contribution is -2.44. The number of piperazine rings is 1. The van der Waals surface area contributed by atoms with Crippen LogP contribution in [0.2, 0.25) is 0 Å². The first-order valence-electron chi connectivity index (χ1n) is 10.8. The highest BCUT2D eigenvalue weighted by Gasteiger charge is 2.18. The predicted octanol–water partition coefficient (Wildman–Crippen LogP) is 1.73. The molecule has 2 N–H and O–H groups in total. The molecule has 0 bridgehead atoms. The van der Waals surface area contributed by atoms with Gasteiger partial charge in [0.2, 0.25) is 0 Å². The lowest BCUT2D eigenvalue weighted by atomic mass is 10.1. The van der Waals surface area contributed by atoms with Gasteiger partial charge in [-0.05, 0) is 31.7 Å². The van der Waals surface area contributed by atoms with Gasteiger partial charge in [0.1, 0.15) is 5.69 Å². The standard InChI is InChI=1S/C24H28N8/c1-16(18-12-26-31(4)15-18)5-6-20-17(2)24(29-28-20)21-11-19-22(27-21)13-25-14-23(19)32-9-7-30(3)8-10-32/h5-6,11-15,27-28H,2,7-10H2,1,3-4H3/b16-5+,20-6+. The first kappa shape index (κ1) is 20.3. The van der Waals surface area contributed by atoms with E-state index in [9.17, 15) is 0 Å². The Labute approximate surface area is 186 Å². The van der Waals surface area contributed by atoms with Crippen molar-refractivity contribution in [1.82, 2.24) is 34.8 Å². The maximum Gasteiger partial charge on any atom is 0.116 e. The molecule has 5 heterocycles. The molecule has 1 saturated heterocycles. The van der Waals surface area contributed by atoms with Crippen molar-refractivity contribution in [3.05, 3.63) is 53.1 Å². The number of fused-ring (bicyclic) bond motifs is 1. The number of pyridine rings is 1. The molecule has 164 valence electrons. The molecule has 0 spiro atoms. The molecule has 4 aromatic rings. The van der Waals surface area contributed by atoms with Crippen LogP contribution >= 0.6 is 0 Å². The van der Waals surface area contributed by atoms with Crippen LogP contribution in [0.25, 0.3) is 40.5 Å². The largest absolute Gasteiger partial charge is 0.367 e. The van der Waals surface area contributed by atoms with E-state index in [4.69, 9.17) is 0 Å². The number of aromatic nitrogens is 6. The summed E-state index contributed by atoms with van der Waals surface area (Å²) in [6.45, 7) is 10.5. The Bertz CT molecular complexity index is 1400. The minimum atomic E-state index is 0.823. The predicted molar refractivity (Wildman–Crippen MR) is 129 cm³/mol. The number of nitrogens with one attached hydrogen (secondary N) is 2. The second-order valence-electron chi connectivity index (χ2n) is 8.48. The van der Waals surface area contributed by atoms with E-state index in [0.29, 0.717) is 0 Å². The Hall–Kier alpha value is -3.65. The number of H-pyrrole nitrogens is 2. The summed E-state index contributed by atoms with van der Waals surface area (Å²) in [6, 6.07) is 2.16. The minimum Gasteiger partial charge on any atom is -0.367 e. The van der Waals surface area contributed by atoms with Gasteiger partial charge in [0.05, 0.1) is 40.8 Å². The Kier molecular flexibility index (Phi) is 5.14. The normalized spacial score (nSPS) is 16.4. The van der Waals surface area contributed by atoms with E-state index in [0.717, 1.165) is 64.8 Å². The Morgan fingerprint density at radius 2 is 1.94 bits per heavy atom. The van der Waals surface area contributed by atoms with Crippen LogP contribution in [0.15, 0.2) is 36.9 Å². The van der Waals surface area contributed by atoms with Crippen LogP contribution in [-0.2, 0) is 7.05 Å². The van der Waals surface area contributed by atoms with Crippen molar-refractivity contribution >= 4 is 34.8 Å². The zero-order valence-electron chi connectivity index (χ0n) is 18.8. The molecule has 0 aliphatic carbocycles. The van der Waals surface area contributed by atoms with Gasteiger partial charge in [0.15, 0.2) is 0 Å². The molecule has 5 rings (SSSR count). The highest BCUT2D eigenvalue weighted by atomic mass is 15.3. The fourth-order valence-electron chi connectivity index (χ4n) is 4.13. The fourth-order valence-corrected chi connectivity index (χ4v) is 4.13. The van der Waals surface area contributed by atoms with Crippen LogP contribution in [0.4, 0.5) is 5.69 Å². The zero-order valence-corrected chi connectivity index (χ0v) is 18.8. The highest BCUT2D eigenvalue weighted by molar-refractivity contribution is 5.95. The topological polar surface area (TPSA) is 81.7 Å². The summed E-state index contributed by atoms with van der Waals surface area (Å²) in [6.07, 6.45) is 11.8. The van der Waals surface area contributed by atoms with Crippen LogP contribution in [0.5, 0.6) is 0 Å². The van der Waals surface area contributed by atoms with E-state index in [-0.39, 0.29) is 0 Å². The van der Waals surface area contributed by atoms with Crippen LogP contribution in [0.1, 0.15) is 12.5 Å². The number of anilines is 1. The number of hydrogen-bond donors (Lipinski definition) is 2. The molecule has 0 saturated carbocycles. The number of hydrogen-bond acceptors (Lipinski definition) is 5. The lowest BCUT2D eigenvalue weighted by Gasteiger charge is -2.34. The Morgan fingerprint density at radius 3 is 2.69 bits per heavy atom. The molecule has 0 amide bonds. The Balaban J connectivity index is 1.48. The minimum absolute atomic E-state index is 0.823. The summed E-state index contributed by atoms with van der Waals surface area (Å²) in [5.74, 6) is 0. The second kappa shape index (κ2) is 8.12. The molecular formula is C24H28N8. The van der Waals surface area contributed by atoms with E-state index in [1.165, 1.54) is 11.1 Å². The fraction of sp³-hybridized carbons (Fsp3) is 0.292. The molecule has 32 heavy (non-hydrogen) atoms. The number of rotatable bonds is 4. The van der Waals surface area contributed by atoms with E-state index >= 15 is 0 Å². The number of allylic oxidation sites excluding steroid dienone is 2. The van der Waals surface area contributed by atoms with Gasteiger partial charge < -0.3 is 14.8 Å². The van der Waals surface area contributed by atoms with Gasteiger partial charge in [0, 0.05) is 55.6 Å². The second-order valence-corrected chi connectivity index (χ2v) is 8.48. The van der Waals surface area contributed by atoms with Crippen molar-refractivity contribution in [3.63, 3.8) is 0 Å². The monoisotopic (exact) mass is 428 g/mol. The van der Waals surface area contributed by atoms with Gasteiger partial charge in [-0.2, -0.15) is 10.2 Å². The SMILES string of the molecule is C=c1c(-c2cc3c(N4CCN(C)CC4)cncc3[nH]2)n[nH]/c1=C/C=C(\C)c1cnn(C)c1. The van der Waals surface area contributed by atoms with Gasteiger partial charge in [-0.25, -0.2) is 0 Å². The third kappa shape index (κ3) is 3.73. The Morgan fingerprint density at radius 1 is 1.12 bits per heavy atom. The van der Waals surface area contributed by atoms with Crippen molar-refractivity contribution in [1.29, 1.82) is 0 Å². The highest BCUT2D eigenvalue weighted by Crippen LogP contribution is 2.29. The third-order valence-corrected chi connectivity index (χ3v) is 6.18. The number of likely N-dealkylation sites (N-methyl/N-ethyl adjacent to an activating group) is 1. The zero-order chi connectivity index (χ0) is 22.2. The molecular weight excluding hydrogens is 400 g/mol. The van der Waals surface area contributed by atoms with Gasteiger partial charge in [0.25, 0.3) is 0 Å². The maximum absolute atomic E-state index is 4.55. The molecule has 0 unspecified atom stereocenters.